The highest BCUT2D eigenvalue weighted by molar-refractivity contribution is 6.27. The normalized spacial score (nSPS) is 13.5. The lowest BCUT2D eigenvalue weighted by Gasteiger charge is -2.33. The Morgan fingerprint density at radius 2 is 0.899 bits per heavy atom. The number of furan rings is 1. The Hall–Kier alpha value is -8.73. The first-order valence-electron chi connectivity index (χ1n) is 28.0. The minimum Gasteiger partial charge on any atom is -0.454 e. The first-order chi connectivity index (χ1) is 38.0. The van der Waals surface area contributed by atoms with Gasteiger partial charge in [0.2, 0.25) is 0 Å². The molecule has 79 heavy (non-hydrogen) atoms. The van der Waals surface area contributed by atoms with Gasteiger partial charge in [-0.25, -0.2) is 4.98 Å². The molecule has 0 amide bonds. The molecule has 4 heteroatoms. The quantitative estimate of drug-likeness (QED) is 0.155. The average Bonchev–Trinajstić information content (AvgIpc) is 4.24. The standard InChI is InChI=1S/C75H65N3O/c1-46-27-42-66(76-45-46)78(52-38-32-49(33-39-52)74(8,9)10)53-40-41-58-60(43-53)54-19-11-12-22-57(54)67-69-63(75(70(58)67)61-24-16-13-20-55(61)56-21-14-17-25-62(56)75)44-64(71-68(69)59-23-15-18-26-65(59)79-71)77(50-34-28-47(29-35-50)72(2,3)4)51-36-30-48(31-37-51)73(5,6)7/h11-45H,1-10H3. The van der Waals surface area contributed by atoms with Crippen LogP contribution in [0.4, 0.5) is 34.3 Å². The summed E-state index contributed by atoms with van der Waals surface area (Å²) in [7, 11) is 0. The van der Waals surface area contributed by atoms with Crippen molar-refractivity contribution in [3.8, 4) is 22.3 Å². The zero-order chi connectivity index (χ0) is 54.3. The highest BCUT2D eigenvalue weighted by atomic mass is 16.3. The van der Waals surface area contributed by atoms with Gasteiger partial charge in [0.05, 0.1) is 11.1 Å². The van der Waals surface area contributed by atoms with Gasteiger partial charge in [-0.2, -0.15) is 0 Å². The summed E-state index contributed by atoms with van der Waals surface area (Å²) < 4.78 is 7.40. The first kappa shape index (κ1) is 48.6. The third-order valence-corrected chi connectivity index (χ3v) is 17.2. The van der Waals surface area contributed by atoms with E-state index in [0.717, 1.165) is 61.8 Å². The molecular formula is C75H65N3O. The predicted molar refractivity (Wildman–Crippen MR) is 333 cm³/mol. The molecule has 386 valence electrons. The van der Waals surface area contributed by atoms with Crippen molar-refractivity contribution in [2.45, 2.75) is 90.9 Å². The summed E-state index contributed by atoms with van der Waals surface area (Å²) in [4.78, 5) is 9.87. The second-order valence-corrected chi connectivity index (χ2v) is 25.2. The number of aryl methyl sites for hydroxylation is 1. The number of fused-ring (bicyclic) bond motifs is 19. The van der Waals surface area contributed by atoms with Gasteiger partial charge in [-0.1, -0.05) is 202 Å². The number of pyridine rings is 1. The minimum absolute atomic E-state index is 0.0153. The monoisotopic (exact) mass is 1020 g/mol. The molecule has 1 spiro atoms. The van der Waals surface area contributed by atoms with Crippen molar-refractivity contribution >= 4 is 77.7 Å². The number of para-hydroxylation sites is 1. The summed E-state index contributed by atoms with van der Waals surface area (Å²) in [6.45, 7) is 22.6. The topological polar surface area (TPSA) is 32.5 Å². The maximum atomic E-state index is 7.40. The molecule has 4 nitrogen and oxygen atoms in total. The van der Waals surface area contributed by atoms with Crippen LogP contribution in [0.5, 0.6) is 0 Å². The van der Waals surface area contributed by atoms with Crippen molar-refractivity contribution in [2.24, 2.45) is 0 Å². The van der Waals surface area contributed by atoms with E-state index >= 15 is 0 Å². The molecule has 0 atom stereocenters. The van der Waals surface area contributed by atoms with Gasteiger partial charge in [0.15, 0.2) is 5.58 Å². The average molecular weight is 1020 g/mol. The summed E-state index contributed by atoms with van der Waals surface area (Å²) >= 11 is 0. The van der Waals surface area contributed by atoms with Crippen LogP contribution in [-0.4, -0.2) is 4.98 Å². The van der Waals surface area contributed by atoms with Gasteiger partial charge in [-0.05, 0) is 178 Å². The summed E-state index contributed by atoms with van der Waals surface area (Å²) in [5.41, 5.74) is 21.3. The molecular weight excluding hydrogens is 959 g/mol. The Bertz CT molecular complexity index is 4300. The molecule has 12 aromatic rings. The van der Waals surface area contributed by atoms with Crippen molar-refractivity contribution in [1.29, 1.82) is 0 Å². The number of hydrogen-bond acceptors (Lipinski definition) is 4. The van der Waals surface area contributed by atoms with Gasteiger partial charge < -0.3 is 9.32 Å². The van der Waals surface area contributed by atoms with E-state index in [1.807, 2.05) is 6.20 Å². The number of benzene rings is 10. The Kier molecular flexibility index (Phi) is 10.7. The largest absolute Gasteiger partial charge is 0.454 e. The van der Waals surface area contributed by atoms with Crippen LogP contribution in [0.25, 0.3) is 65.7 Å². The molecule has 0 aliphatic heterocycles. The van der Waals surface area contributed by atoms with E-state index in [4.69, 9.17) is 9.40 Å². The van der Waals surface area contributed by atoms with E-state index in [1.54, 1.807) is 0 Å². The van der Waals surface area contributed by atoms with Gasteiger partial charge >= 0.3 is 0 Å². The third kappa shape index (κ3) is 7.37. The van der Waals surface area contributed by atoms with Crippen LogP contribution in [0.3, 0.4) is 0 Å². The fourth-order valence-corrected chi connectivity index (χ4v) is 13.3. The Labute approximate surface area is 464 Å². The Balaban J connectivity index is 1.13. The molecule has 0 saturated heterocycles. The zero-order valence-corrected chi connectivity index (χ0v) is 47.0. The first-order valence-corrected chi connectivity index (χ1v) is 28.0. The number of nitrogens with zero attached hydrogens (tertiary/aromatic N) is 3. The zero-order valence-electron chi connectivity index (χ0n) is 47.0. The number of hydrogen-bond donors (Lipinski definition) is 0. The molecule has 0 saturated carbocycles. The molecule has 2 aromatic heterocycles. The van der Waals surface area contributed by atoms with Crippen molar-refractivity contribution in [3.05, 3.63) is 257 Å². The molecule has 0 radical (unpaired) electrons. The van der Waals surface area contributed by atoms with Crippen LogP contribution in [0.2, 0.25) is 0 Å². The fraction of sp³-hybridized carbons (Fsp3) is 0.187. The Morgan fingerprint density at radius 3 is 1.44 bits per heavy atom. The Morgan fingerprint density at radius 1 is 0.405 bits per heavy atom. The molecule has 2 aliphatic rings. The molecule has 0 fully saturated rings. The van der Waals surface area contributed by atoms with E-state index in [9.17, 15) is 0 Å². The van der Waals surface area contributed by atoms with Crippen molar-refractivity contribution in [3.63, 3.8) is 0 Å². The molecule has 0 unspecified atom stereocenters. The van der Waals surface area contributed by atoms with Gasteiger partial charge in [0.1, 0.15) is 11.4 Å². The molecule has 10 aromatic carbocycles. The van der Waals surface area contributed by atoms with Crippen molar-refractivity contribution in [2.75, 3.05) is 9.80 Å². The highest BCUT2D eigenvalue weighted by Gasteiger charge is 2.54. The van der Waals surface area contributed by atoms with Crippen LogP contribution < -0.4 is 9.80 Å². The molecule has 0 N–H and O–H groups in total. The number of aromatic nitrogens is 1. The van der Waals surface area contributed by atoms with Crippen LogP contribution in [-0.2, 0) is 21.7 Å². The smallest absolute Gasteiger partial charge is 0.160 e. The van der Waals surface area contributed by atoms with Gasteiger partial charge in [0, 0.05) is 39.7 Å². The minimum atomic E-state index is -0.734. The SMILES string of the molecule is Cc1ccc(N(c2ccc(C(C)(C)C)cc2)c2ccc3c4c(c5ccccc5c3c2)-c2c(cc(N(c3ccc(C(C)(C)C)cc3)c3ccc(C(C)(C)C)cc3)c3oc5ccccc5c23)C42c3ccccc3-c3ccccc32)nc1. The van der Waals surface area contributed by atoms with Gasteiger partial charge in [0.25, 0.3) is 0 Å². The number of anilines is 6. The number of rotatable bonds is 6. The van der Waals surface area contributed by atoms with Gasteiger partial charge in [-0.3, -0.25) is 4.90 Å². The highest BCUT2D eigenvalue weighted by Crippen LogP contribution is 2.68. The van der Waals surface area contributed by atoms with Gasteiger partial charge in [-0.15, -0.1) is 0 Å². The van der Waals surface area contributed by atoms with Crippen LogP contribution in [0.1, 0.15) is 107 Å². The second-order valence-electron chi connectivity index (χ2n) is 25.2. The summed E-state index contributed by atoms with van der Waals surface area (Å²) in [6.07, 6.45) is 1.97. The second kappa shape index (κ2) is 17.4. The lowest BCUT2D eigenvalue weighted by Crippen LogP contribution is -2.26. The van der Waals surface area contributed by atoms with Crippen LogP contribution in [0, 0.1) is 6.92 Å². The maximum Gasteiger partial charge on any atom is 0.160 e. The van der Waals surface area contributed by atoms with E-state index in [1.165, 1.54) is 82.7 Å². The molecule has 14 rings (SSSR count). The fourth-order valence-electron chi connectivity index (χ4n) is 13.3. The van der Waals surface area contributed by atoms with E-state index < -0.39 is 5.41 Å². The molecule has 0 bridgehead atoms. The van der Waals surface area contributed by atoms with Crippen LogP contribution >= 0.6 is 0 Å². The lowest BCUT2D eigenvalue weighted by atomic mass is 9.69. The van der Waals surface area contributed by atoms with E-state index in [0.29, 0.717) is 0 Å². The summed E-state index contributed by atoms with van der Waals surface area (Å²) in [5, 5.41) is 7.05. The summed E-state index contributed by atoms with van der Waals surface area (Å²) in [5.74, 6) is 0.869. The van der Waals surface area contributed by atoms with Crippen molar-refractivity contribution in [1.82, 2.24) is 4.98 Å². The molecule has 2 heterocycles. The van der Waals surface area contributed by atoms with E-state index in [-0.39, 0.29) is 16.2 Å². The lowest BCUT2D eigenvalue weighted by molar-refractivity contribution is 0.590. The van der Waals surface area contributed by atoms with E-state index in [2.05, 4.69) is 285 Å². The van der Waals surface area contributed by atoms with Crippen molar-refractivity contribution < 1.29 is 4.42 Å². The summed E-state index contributed by atoms with van der Waals surface area (Å²) in [6, 6.07) is 77.7. The third-order valence-electron chi connectivity index (χ3n) is 17.2. The van der Waals surface area contributed by atoms with Crippen LogP contribution in [0.15, 0.2) is 217 Å². The maximum absolute atomic E-state index is 7.40. The predicted octanol–water partition coefficient (Wildman–Crippen LogP) is 20.8. The molecule has 2 aliphatic carbocycles.